The van der Waals surface area contributed by atoms with Gasteiger partial charge in [0.1, 0.15) is 6.10 Å². The first-order valence-electron chi connectivity index (χ1n) is 13.2. The molecular formula is C29H48N2O9. The third kappa shape index (κ3) is 16.8. The zero-order chi connectivity index (χ0) is 30.0. The van der Waals surface area contributed by atoms with Crippen molar-refractivity contribution in [2.75, 3.05) is 59.8 Å². The predicted octanol–water partition coefficient (Wildman–Crippen LogP) is -0.723. The van der Waals surface area contributed by atoms with Gasteiger partial charge in [-0.05, 0) is 11.1 Å². The lowest BCUT2D eigenvalue weighted by molar-refractivity contribution is -0.163. The van der Waals surface area contributed by atoms with Gasteiger partial charge in [-0.15, -0.1) is 0 Å². The zero-order valence-corrected chi connectivity index (χ0v) is 23.2. The standard InChI is InChI=1S/C12H17NO3.C12H19NO3.C4H8O2.CH4O/c14-8-11-7-13(16-12(11)9-15)6-10-4-2-1-3-5-10;14-8-11(12(16)9-15)7-13-6-10-4-2-1-3-5-10;5-3-1-2-4-6;1-2/h1-5,11-12,14-15H,6-9H2;1-5,11-16H,6-9H2;1-2,5-6H,3-4H2;2H,1H3/b;;2-1-;/t11-,12?;11?,12-;;/m10../s1. The van der Waals surface area contributed by atoms with Crippen LogP contribution in [0.1, 0.15) is 11.1 Å². The first kappa shape index (κ1) is 37.7. The third-order valence-corrected chi connectivity index (χ3v) is 5.79. The highest BCUT2D eigenvalue weighted by atomic mass is 16.7. The number of hydroxylamine groups is 2. The number of benzene rings is 2. The molecule has 1 saturated heterocycles. The Kier molecular flexibility index (Phi) is 24.2. The molecule has 1 heterocycles. The van der Waals surface area contributed by atoms with Crippen LogP contribution in [0.25, 0.3) is 0 Å². The lowest BCUT2D eigenvalue weighted by Gasteiger charge is -2.19. The molecule has 3 rings (SSSR count). The van der Waals surface area contributed by atoms with Gasteiger partial charge in [0.25, 0.3) is 0 Å². The van der Waals surface area contributed by atoms with Crippen molar-refractivity contribution < 1.29 is 45.7 Å². The average molecular weight is 569 g/mol. The Hall–Kier alpha value is -2.26. The SMILES string of the molecule is CO.OC/C=C\CO.OCC(CNCc1ccccc1)[C@@H](O)CO.OCC1ON(Cc2ccccc2)C[C@@H]1CO. The van der Waals surface area contributed by atoms with E-state index >= 15 is 0 Å². The normalized spacial score (nSPS) is 18.0. The molecule has 2 aromatic carbocycles. The van der Waals surface area contributed by atoms with Crippen molar-refractivity contribution in [1.82, 2.24) is 10.4 Å². The van der Waals surface area contributed by atoms with Crippen LogP contribution in [0.15, 0.2) is 72.8 Å². The number of aliphatic hydroxyl groups is 8. The quantitative estimate of drug-likeness (QED) is 0.139. The van der Waals surface area contributed by atoms with E-state index in [0.29, 0.717) is 26.2 Å². The molecule has 0 bridgehead atoms. The molecule has 2 aromatic rings. The molecule has 1 aliphatic rings. The summed E-state index contributed by atoms with van der Waals surface area (Å²) in [5.41, 5.74) is 2.32. The lowest BCUT2D eigenvalue weighted by Crippen LogP contribution is -2.35. The van der Waals surface area contributed by atoms with Crippen LogP contribution in [-0.4, -0.2) is 118 Å². The Morgan fingerprint density at radius 1 is 0.825 bits per heavy atom. The monoisotopic (exact) mass is 568 g/mol. The van der Waals surface area contributed by atoms with Gasteiger partial charge >= 0.3 is 0 Å². The van der Waals surface area contributed by atoms with Crippen molar-refractivity contribution in [3.63, 3.8) is 0 Å². The van der Waals surface area contributed by atoms with Crippen molar-refractivity contribution in [2.45, 2.75) is 25.3 Å². The fourth-order valence-electron chi connectivity index (χ4n) is 3.56. The number of aliphatic hydroxyl groups excluding tert-OH is 8. The Labute approximate surface area is 237 Å². The topological polar surface area (TPSA) is 186 Å². The minimum atomic E-state index is -0.867. The predicted molar refractivity (Wildman–Crippen MR) is 153 cm³/mol. The van der Waals surface area contributed by atoms with E-state index in [1.807, 2.05) is 60.7 Å². The van der Waals surface area contributed by atoms with E-state index in [1.165, 1.54) is 12.2 Å². The van der Waals surface area contributed by atoms with E-state index in [1.54, 1.807) is 5.06 Å². The molecule has 9 N–H and O–H groups in total. The maximum atomic E-state index is 9.36. The van der Waals surface area contributed by atoms with Gasteiger partial charge in [-0.1, -0.05) is 72.8 Å². The summed E-state index contributed by atoms with van der Waals surface area (Å²) in [7, 11) is 1.00. The molecule has 0 saturated carbocycles. The first-order valence-corrected chi connectivity index (χ1v) is 13.2. The Morgan fingerprint density at radius 3 is 1.80 bits per heavy atom. The third-order valence-electron chi connectivity index (χ3n) is 5.79. The summed E-state index contributed by atoms with van der Waals surface area (Å²) in [5.74, 6) is -0.317. The average Bonchev–Trinajstić information content (AvgIpc) is 3.42. The maximum Gasteiger partial charge on any atom is 0.109 e. The van der Waals surface area contributed by atoms with E-state index < -0.39 is 6.10 Å². The highest BCUT2D eigenvalue weighted by molar-refractivity contribution is 5.15. The molecule has 1 aliphatic heterocycles. The van der Waals surface area contributed by atoms with E-state index in [4.69, 9.17) is 40.6 Å². The summed E-state index contributed by atoms with van der Waals surface area (Å²) in [6.07, 6.45) is 1.84. The number of rotatable bonds is 13. The Balaban J connectivity index is 0.000000604. The lowest BCUT2D eigenvalue weighted by atomic mass is 10.0. The fraction of sp³-hybridized carbons (Fsp3) is 0.517. The molecular weight excluding hydrogens is 520 g/mol. The number of nitrogens with one attached hydrogen (secondary N) is 1. The molecule has 2 unspecified atom stereocenters. The van der Waals surface area contributed by atoms with Gasteiger partial charge in [-0.2, -0.15) is 5.06 Å². The summed E-state index contributed by atoms with van der Waals surface area (Å²) in [4.78, 5) is 5.54. The van der Waals surface area contributed by atoms with Crippen LogP contribution in [0.5, 0.6) is 0 Å². The summed E-state index contributed by atoms with van der Waals surface area (Å²) < 4.78 is 0. The van der Waals surface area contributed by atoms with E-state index in [2.05, 4.69) is 5.32 Å². The van der Waals surface area contributed by atoms with Crippen molar-refractivity contribution in [2.24, 2.45) is 11.8 Å². The molecule has 4 atom stereocenters. The van der Waals surface area contributed by atoms with Crippen LogP contribution in [0, 0.1) is 11.8 Å². The van der Waals surface area contributed by atoms with Crippen molar-refractivity contribution in [3.8, 4) is 0 Å². The molecule has 0 aromatic heterocycles. The molecule has 11 nitrogen and oxygen atoms in total. The molecule has 0 aliphatic carbocycles. The summed E-state index contributed by atoms with van der Waals surface area (Å²) in [6, 6.07) is 19.9. The second-order valence-electron chi connectivity index (χ2n) is 8.72. The zero-order valence-electron chi connectivity index (χ0n) is 23.2. The second kappa shape index (κ2) is 25.7. The van der Waals surface area contributed by atoms with Crippen LogP contribution >= 0.6 is 0 Å². The maximum absolute atomic E-state index is 9.36. The molecule has 0 radical (unpaired) electrons. The molecule has 11 heteroatoms. The van der Waals surface area contributed by atoms with Gasteiger partial charge in [-0.3, -0.25) is 4.84 Å². The summed E-state index contributed by atoms with van der Waals surface area (Å²) in [5, 5.41) is 73.3. The number of hydrogen-bond donors (Lipinski definition) is 9. The molecule has 0 amide bonds. The van der Waals surface area contributed by atoms with E-state index in [0.717, 1.165) is 18.2 Å². The molecule has 1 fully saturated rings. The molecule has 228 valence electrons. The number of hydrogen-bond acceptors (Lipinski definition) is 11. The largest absolute Gasteiger partial charge is 0.400 e. The Bertz CT molecular complexity index is 810. The van der Waals surface area contributed by atoms with Gasteiger partial charge in [-0.25, -0.2) is 0 Å². The van der Waals surface area contributed by atoms with E-state index in [9.17, 15) is 5.11 Å². The number of nitrogens with zero attached hydrogens (tertiary/aromatic N) is 1. The van der Waals surface area contributed by atoms with Crippen molar-refractivity contribution in [1.29, 1.82) is 0 Å². The van der Waals surface area contributed by atoms with Crippen LogP contribution in [0.4, 0.5) is 0 Å². The minimum absolute atomic E-state index is 0.00807. The van der Waals surface area contributed by atoms with Gasteiger partial charge in [0.15, 0.2) is 0 Å². The van der Waals surface area contributed by atoms with Gasteiger partial charge in [0.2, 0.25) is 0 Å². The van der Waals surface area contributed by atoms with Crippen LogP contribution in [-0.2, 0) is 17.9 Å². The van der Waals surface area contributed by atoms with Crippen molar-refractivity contribution >= 4 is 0 Å². The first-order chi connectivity index (χ1) is 19.5. The Morgan fingerprint density at radius 2 is 1.38 bits per heavy atom. The van der Waals surface area contributed by atoms with Gasteiger partial charge < -0.3 is 46.2 Å². The summed E-state index contributed by atoms with van der Waals surface area (Å²) in [6.45, 7) is 2.10. The highest BCUT2D eigenvalue weighted by Crippen LogP contribution is 2.21. The van der Waals surface area contributed by atoms with Gasteiger partial charge in [0.05, 0.1) is 32.5 Å². The fourth-order valence-corrected chi connectivity index (χ4v) is 3.56. The summed E-state index contributed by atoms with van der Waals surface area (Å²) >= 11 is 0. The highest BCUT2D eigenvalue weighted by Gasteiger charge is 2.33. The molecule has 0 spiro atoms. The van der Waals surface area contributed by atoms with Crippen LogP contribution < -0.4 is 5.32 Å². The smallest absolute Gasteiger partial charge is 0.109 e. The second-order valence-corrected chi connectivity index (χ2v) is 8.72. The minimum Gasteiger partial charge on any atom is -0.400 e. The van der Waals surface area contributed by atoms with Crippen LogP contribution in [0.2, 0.25) is 0 Å². The van der Waals surface area contributed by atoms with Crippen molar-refractivity contribution in [3.05, 3.63) is 83.9 Å². The molecule has 40 heavy (non-hydrogen) atoms. The van der Waals surface area contributed by atoms with E-state index in [-0.39, 0.29) is 57.6 Å². The van der Waals surface area contributed by atoms with Gasteiger partial charge in [0, 0.05) is 58.3 Å². The van der Waals surface area contributed by atoms with Crippen LogP contribution in [0.3, 0.4) is 0 Å².